The Balaban J connectivity index is 2.03. The van der Waals surface area contributed by atoms with Crippen molar-refractivity contribution in [3.05, 3.63) is 34.3 Å². The van der Waals surface area contributed by atoms with Gasteiger partial charge in [-0.05, 0) is 63.6 Å². The van der Waals surface area contributed by atoms with Crippen LogP contribution in [0.15, 0.2) is 28.7 Å². The SMILES string of the molecule is CNCCCCNCCc1cccc(Br)c1. The summed E-state index contributed by atoms with van der Waals surface area (Å²) in [5, 5.41) is 6.63. The van der Waals surface area contributed by atoms with E-state index in [2.05, 4.69) is 50.8 Å². The van der Waals surface area contributed by atoms with E-state index >= 15 is 0 Å². The quantitative estimate of drug-likeness (QED) is 0.717. The Hall–Kier alpha value is -0.380. The van der Waals surface area contributed by atoms with Gasteiger partial charge in [-0.1, -0.05) is 28.1 Å². The molecule has 1 aromatic carbocycles. The average molecular weight is 285 g/mol. The van der Waals surface area contributed by atoms with Crippen LogP contribution in [0.2, 0.25) is 0 Å². The Kier molecular flexibility index (Phi) is 7.47. The smallest absolute Gasteiger partial charge is 0.0178 e. The van der Waals surface area contributed by atoms with Crippen molar-refractivity contribution in [1.82, 2.24) is 10.6 Å². The minimum atomic E-state index is 1.07. The molecule has 0 fully saturated rings. The van der Waals surface area contributed by atoms with Crippen LogP contribution in [0, 0.1) is 0 Å². The largest absolute Gasteiger partial charge is 0.320 e. The summed E-state index contributed by atoms with van der Waals surface area (Å²) in [6.45, 7) is 3.30. The number of benzene rings is 1. The zero-order valence-electron chi connectivity index (χ0n) is 9.93. The Morgan fingerprint density at radius 3 is 2.69 bits per heavy atom. The van der Waals surface area contributed by atoms with E-state index in [1.54, 1.807) is 0 Å². The minimum absolute atomic E-state index is 1.07. The van der Waals surface area contributed by atoms with Crippen LogP contribution >= 0.6 is 15.9 Å². The van der Waals surface area contributed by atoms with E-state index in [0.717, 1.165) is 26.1 Å². The molecule has 0 aliphatic rings. The molecule has 16 heavy (non-hydrogen) atoms. The third-order valence-corrected chi connectivity index (χ3v) is 3.00. The van der Waals surface area contributed by atoms with Gasteiger partial charge in [0.25, 0.3) is 0 Å². The molecule has 0 aromatic heterocycles. The van der Waals surface area contributed by atoms with E-state index in [1.807, 2.05) is 7.05 Å². The van der Waals surface area contributed by atoms with Crippen LogP contribution in [-0.2, 0) is 6.42 Å². The zero-order chi connectivity index (χ0) is 11.6. The molecule has 2 nitrogen and oxygen atoms in total. The van der Waals surface area contributed by atoms with Crippen molar-refractivity contribution in [2.45, 2.75) is 19.3 Å². The second-order valence-corrected chi connectivity index (χ2v) is 4.86. The first-order valence-electron chi connectivity index (χ1n) is 5.92. The maximum atomic E-state index is 3.49. The summed E-state index contributed by atoms with van der Waals surface area (Å²) in [7, 11) is 2.00. The highest BCUT2D eigenvalue weighted by Crippen LogP contribution is 2.11. The van der Waals surface area contributed by atoms with Gasteiger partial charge in [-0.25, -0.2) is 0 Å². The molecular formula is C13H21BrN2. The molecule has 0 unspecified atom stereocenters. The second-order valence-electron chi connectivity index (χ2n) is 3.94. The average Bonchev–Trinajstić information content (AvgIpc) is 2.28. The van der Waals surface area contributed by atoms with E-state index in [9.17, 15) is 0 Å². The summed E-state index contributed by atoms with van der Waals surface area (Å²) >= 11 is 3.49. The molecule has 0 spiro atoms. The summed E-state index contributed by atoms with van der Waals surface area (Å²) in [4.78, 5) is 0. The topological polar surface area (TPSA) is 24.1 Å². The molecule has 2 N–H and O–H groups in total. The summed E-state index contributed by atoms with van der Waals surface area (Å²) < 4.78 is 1.17. The fraction of sp³-hybridized carbons (Fsp3) is 0.538. The molecule has 0 atom stereocenters. The molecule has 0 aliphatic heterocycles. The second kappa shape index (κ2) is 8.74. The lowest BCUT2D eigenvalue weighted by Crippen LogP contribution is -2.19. The van der Waals surface area contributed by atoms with E-state index in [-0.39, 0.29) is 0 Å². The lowest BCUT2D eigenvalue weighted by molar-refractivity contribution is 0.606. The highest BCUT2D eigenvalue weighted by Gasteiger charge is 1.94. The molecule has 0 saturated heterocycles. The molecule has 0 saturated carbocycles. The number of hydrogen-bond donors (Lipinski definition) is 2. The third kappa shape index (κ3) is 6.26. The lowest BCUT2D eigenvalue weighted by atomic mass is 10.1. The normalized spacial score (nSPS) is 10.6. The van der Waals surface area contributed by atoms with Crippen molar-refractivity contribution in [2.24, 2.45) is 0 Å². The van der Waals surface area contributed by atoms with E-state index in [1.165, 1.54) is 22.9 Å². The van der Waals surface area contributed by atoms with Crippen molar-refractivity contribution in [3.63, 3.8) is 0 Å². The first kappa shape index (κ1) is 13.7. The minimum Gasteiger partial charge on any atom is -0.320 e. The maximum Gasteiger partial charge on any atom is 0.0178 e. The highest BCUT2D eigenvalue weighted by atomic mass is 79.9. The number of nitrogens with one attached hydrogen (secondary N) is 2. The molecule has 0 radical (unpaired) electrons. The number of halogens is 1. The van der Waals surface area contributed by atoms with Crippen LogP contribution in [0.5, 0.6) is 0 Å². The molecular weight excluding hydrogens is 264 g/mol. The van der Waals surface area contributed by atoms with Crippen molar-refractivity contribution < 1.29 is 0 Å². The summed E-state index contributed by atoms with van der Waals surface area (Å²) in [5.74, 6) is 0. The molecule has 3 heteroatoms. The van der Waals surface area contributed by atoms with Gasteiger partial charge in [-0.2, -0.15) is 0 Å². The zero-order valence-corrected chi connectivity index (χ0v) is 11.5. The maximum absolute atomic E-state index is 3.49. The van der Waals surface area contributed by atoms with E-state index in [4.69, 9.17) is 0 Å². The van der Waals surface area contributed by atoms with Gasteiger partial charge in [0.15, 0.2) is 0 Å². The van der Waals surface area contributed by atoms with Gasteiger partial charge in [0.1, 0.15) is 0 Å². The van der Waals surface area contributed by atoms with E-state index < -0.39 is 0 Å². The van der Waals surface area contributed by atoms with Gasteiger partial charge in [-0.3, -0.25) is 0 Å². The molecule has 0 heterocycles. The number of hydrogen-bond acceptors (Lipinski definition) is 2. The number of rotatable bonds is 8. The van der Waals surface area contributed by atoms with Gasteiger partial charge in [-0.15, -0.1) is 0 Å². The van der Waals surface area contributed by atoms with Crippen LogP contribution < -0.4 is 10.6 Å². The van der Waals surface area contributed by atoms with Crippen molar-refractivity contribution >= 4 is 15.9 Å². The van der Waals surface area contributed by atoms with Crippen LogP contribution in [0.4, 0.5) is 0 Å². The van der Waals surface area contributed by atoms with Gasteiger partial charge in [0.05, 0.1) is 0 Å². The summed E-state index contributed by atoms with van der Waals surface area (Å²) in [6.07, 6.45) is 3.60. The lowest BCUT2D eigenvalue weighted by Gasteiger charge is -2.05. The Morgan fingerprint density at radius 2 is 1.94 bits per heavy atom. The highest BCUT2D eigenvalue weighted by molar-refractivity contribution is 9.10. The molecule has 0 aliphatic carbocycles. The Labute approximate surface area is 107 Å². The third-order valence-electron chi connectivity index (χ3n) is 2.51. The first-order chi connectivity index (χ1) is 7.83. The molecule has 1 aromatic rings. The monoisotopic (exact) mass is 284 g/mol. The van der Waals surface area contributed by atoms with Crippen LogP contribution in [0.25, 0.3) is 0 Å². The van der Waals surface area contributed by atoms with Crippen molar-refractivity contribution in [3.8, 4) is 0 Å². The molecule has 1 rings (SSSR count). The fourth-order valence-electron chi connectivity index (χ4n) is 1.60. The van der Waals surface area contributed by atoms with Crippen LogP contribution in [0.3, 0.4) is 0 Å². The summed E-state index contributed by atoms with van der Waals surface area (Å²) in [5.41, 5.74) is 1.39. The predicted octanol–water partition coefficient (Wildman–Crippen LogP) is 2.58. The van der Waals surface area contributed by atoms with Gasteiger partial charge in [0.2, 0.25) is 0 Å². The Bertz CT molecular complexity index is 289. The van der Waals surface area contributed by atoms with Crippen molar-refractivity contribution in [2.75, 3.05) is 26.7 Å². The van der Waals surface area contributed by atoms with Gasteiger partial charge in [0, 0.05) is 4.47 Å². The molecule has 0 amide bonds. The first-order valence-corrected chi connectivity index (χ1v) is 6.72. The van der Waals surface area contributed by atoms with Crippen molar-refractivity contribution in [1.29, 1.82) is 0 Å². The van der Waals surface area contributed by atoms with E-state index in [0.29, 0.717) is 0 Å². The van der Waals surface area contributed by atoms with Gasteiger partial charge >= 0.3 is 0 Å². The number of unbranched alkanes of at least 4 members (excludes halogenated alkanes) is 1. The fourth-order valence-corrected chi connectivity index (χ4v) is 2.05. The molecule has 0 bridgehead atoms. The van der Waals surface area contributed by atoms with Crippen LogP contribution in [-0.4, -0.2) is 26.7 Å². The predicted molar refractivity (Wildman–Crippen MR) is 73.9 cm³/mol. The molecule has 90 valence electrons. The Morgan fingerprint density at radius 1 is 1.12 bits per heavy atom. The van der Waals surface area contributed by atoms with Gasteiger partial charge < -0.3 is 10.6 Å². The van der Waals surface area contributed by atoms with Crippen LogP contribution in [0.1, 0.15) is 18.4 Å². The summed E-state index contributed by atoms with van der Waals surface area (Å²) in [6, 6.07) is 8.51. The standard InChI is InChI=1S/C13H21BrN2/c1-15-8-2-3-9-16-10-7-12-5-4-6-13(14)11-12/h4-6,11,15-16H,2-3,7-10H2,1H3.